The molecule has 0 N–H and O–H groups in total. The van der Waals surface area contributed by atoms with Crippen molar-refractivity contribution in [3.05, 3.63) is 0 Å². The van der Waals surface area contributed by atoms with Crippen molar-refractivity contribution < 1.29 is 38.0 Å². The van der Waals surface area contributed by atoms with Gasteiger partial charge in [-0.2, -0.15) is 0 Å². The van der Waals surface area contributed by atoms with Gasteiger partial charge in [-0.1, -0.05) is 0 Å². The van der Waals surface area contributed by atoms with Crippen LogP contribution < -0.4 is 0 Å². The molecule has 1 spiro atoms. The third-order valence-electron chi connectivity index (χ3n) is 4.77. The predicted molar refractivity (Wildman–Crippen MR) is 85.4 cm³/mol. The molecule has 0 aromatic heterocycles. The van der Waals surface area contributed by atoms with Gasteiger partial charge in [0.15, 0.2) is 12.6 Å². The molecule has 144 valence electrons. The van der Waals surface area contributed by atoms with Crippen LogP contribution in [0.1, 0.15) is 27.7 Å². The lowest BCUT2D eigenvalue weighted by Crippen LogP contribution is -2.57. The molecule has 0 radical (unpaired) electrons. The second-order valence-electron chi connectivity index (χ2n) is 7.83. The molecular weight excluding hydrogens is 332 g/mol. The van der Waals surface area contributed by atoms with Crippen molar-refractivity contribution in [3.8, 4) is 0 Å². The standard InChI is InChI=1S/C17H28O8/c1-15(2,11(18)20-5)13-22-7-17(8-23-13)9-24-14(25-10-17)16(3,4)12(19)21-6/h13-14H,7-10H2,1-6H3. The van der Waals surface area contributed by atoms with Gasteiger partial charge < -0.3 is 28.4 Å². The first-order valence-electron chi connectivity index (χ1n) is 8.22. The van der Waals surface area contributed by atoms with Gasteiger partial charge in [0.05, 0.1) is 46.1 Å². The zero-order valence-electron chi connectivity index (χ0n) is 15.7. The van der Waals surface area contributed by atoms with Gasteiger partial charge in [0.1, 0.15) is 10.8 Å². The molecule has 25 heavy (non-hydrogen) atoms. The summed E-state index contributed by atoms with van der Waals surface area (Å²) >= 11 is 0. The van der Waals surface area contributed by atoms with E-state index in [1.54, 1.807) is 27.7 Å². The molecule has 8 nitrogen and oxygen atoms in total. The fraction of sp³-hybridized carbons (Fsp3) is 0.882. The molecule has 0 saturated carbocycles. The molecule has 0 unspecified atom stereocenters. The number of carbonyl (C=O) groups is 2. The van der Waals surface area contributed by atoms with Crippen LogP contribution in [-0.4, -0.2) is 65.2 Å². The average Bonchev–Trinajstić information content (AvgIpc) is 2.60. The maximum atomic E-state index is 11.9. The summed E-state index contributed by atoms with van der Waals surface area (Å²) in [7, 11) is 2.67. The molecule has 0 aromatic carbocycles. The SMILES string of the molecule is COC(=O)C(C)(C)C1OCC2(CO1)COC(C(C)(C)C(=O)OC)OC2. The maximum absolute atomic E-state index is 11.9. The third-order valence-corrected chi connectivity index (χ3v) is 4.77. The minimum absolute atomic E-state index is 0.323. The number of rotatable bonds is 4. The van der Waals surface area contributed by atoms with Gasteiger partial charge in [0.2, 0.25) is 0 Å². The van der Waals surface area contributed by atoms with Crippen molar-refractivity contribution in [1.82, 2.24) is 0 Å². The molecule has 2 fully saturated rings. The van der Waals surface area contributed by atoms with Gasteiger partial charge in [0, 0.05) is 0 Å². The molecule has 0 atom stereocenters. The number of hydrogen-bond donors (Lipinski definition) is 0. The normalized spacial score (nSPS) is 30.8. The Balaban J connectivity index is 1.94. The van der Waals surface area contributed by atoms with Gasteiger partial charge in [-0.25, -0.2) is 0 Å². The zero-order chi connectivity index (χ0) is 18.9. The van der Waals surface area contributed by atoms with Crippen LogP contribution in [0, 0.1) is 16.2 Å². The van der Waals surface area contributed by atoms with Gasteiger partial charge >= 0.3 is 11.9 Å². The van der Waals surface area contributed by atoms with Crippen molar-refractivity contribution in [2.75, 3.05) is 40.6 Å². The average molecular weight is 360 g/mol. The van der Waals surface area contributed by atoms with Gasteiger partial charge in [-0.15, -0.1) is 0 Å². The second-order valence-corrected chi connectivity index (χ2v) is 7.83. The summed E-state index contributed by atoms with van der Waals surface area (Å²) in [5.74, 6) is -0.797. The second kappa shape index (κ2) is 7.19. The molecule has 2 rings (SSSR count). The molecule has 2 aliphatic heterocycles. The summed E-state index contributed by atoms with van der Waals surface area (Å²) in [4.78, 5) is 23.7. The molecule has 2 heterocycles. The highest BCUT2D eigenvalue weighted by Crippen LogP contribution is 2.38. The van der Waals surface area contributed by atoms with Crippen molar-refractivity contribution in [1.29, 1.82) is 0 Å². The molecule has 0 aromatic rings. The first-order valence-corrected chi connectivity index (χ1v) is 8.22. The van der Waals surface area contributed by atoms with E-state index in [1.165, 1.54) is 14.2 Å². The van der Waals surface area contributed by atoms with Crippen LogP contribution in [0.25, 0.3) is 0 Å². The molecule has 0 aliphatic carbocycles. The predicted octanol–water partition coefficient (Wildman–Crippen LogP) is 1.12. The topological polar surface area (TPSA) is 89.5 Å². The molecule has 2 saturated heterocycles. The minimum atomic E-state index is -0.915. The van der Waals surface area contributed by atoms with E-state index in [4.69, 9.17) is 28.4 Å². The Hall–Kier alpha value is -1.22. The summed E-state index contributed by atoms with van der Waals surface area (Å²) < 4.78 is 32.7. The Morgan fingerprint density at radius 2 is 1.04 bits per heavy atom. The smallest absolute Gasteiger partial charge is 0.316 e. The van der Waals surface area contributed by atoms with E-state index in [0.717, 1.165) is 0 Å². The summed E-state index contributed by atoms with van der Waals surface area (Å²) in [6.07, 6.45) is -1.40. The maximum Gasteiger partial charge on any atom is 0.316 e. The van der Waals surface area contributed by atoms with Crippen LogP contribution in [0.5, 0.6) is 0 Å². The van der Waals surface area contributed by atoms with Crippen LogP contribution in [0.15, 0.2) is 0 Å². The van der Waals surface area contributed by atoms with Gasteiger partial charge in [-0.05, 0) is 27.7 Å². The fourth-order valence-corrected chi connectivity index (χ4v) is 2.91. The Morgan fingerprint density at radius 3 is 1.28 bits per heavy atom. The minimum Gasteiger partial charge on any atom is -0.468 e. The van der Waals surface area contributed by atoms with E-state index in [-0.39, 0.29) is 0 Å². The van der Waals surface area contributed by atoms with Crippen molar-refractivity contribution >= 4 is 11.9 Å². The van der Waals surface area contributed by atoms with Crippen molar-refractivity contribution in [2.45, 2.75) is 40.3 Å². The summed E-state index contributed by atoms with van der Waals surface area (Å²) in [6, 6.07) is 0. The fourth-order valence-electron chi connectivity index (χ4n) is 2.91. The zero-order valence-corrected chi connectivity index (χ0v) is 15.7. The first kappa shape index (κ1) is 20.1. The first-order chi connectivity index (χ1) is 11.6. The van der Waals surface area contributed by atoms with Crippen molar-refractivity contribution in [3.63, 3.8) is 0 Å². The summed E-state index contributed by atoms with van der Waals surface area (Å²) in [5, 5.41) is 0. The number of ether oxygens (including phenoxy) is 6. The Kier molecular flexibility index (Phi) is 5.78. The monoisotopic (exact) mass is 360 g/mol. The molecular formula is C17H28O8. The van der Waals surface area contributed by atoms with Gasteiger partial charge in [0.25, 0.3) is 0 Å². The largest absolute Gasteiger partial charge is 0.468 e. The Morgan fingerprint density at radius 1 is 0.760 bits per heavy atom. The molecule has 0 bridgehead atoms. The molecule has 0 amide bonds. The third kappa shape index (κ3) is 3.81. The molecule has 2 aliphatic rings. The summed E-state index contributed by atoms with van der Waals surface area (Å²) in [5.41, 5.74) is -2.30. The van der Waals surface area contributed by atoms with E-state index >= 15 is 0 Å². The van der Waals surface area contributed by atoms with E-state index in [9.17, 15) is 9.59 Å². The highest BCUT2D eigenvalue weighted by Gasteiger charge is 2.51. The van der Waals surface area contributed by atoms with Crippen LogP contribution in [0.4, 0.5) is 0 Å². The summed E-state index contributed by atoms with van der Waals surface area (Å²) in [6.45, 7) is 8.14. The Bertz CT molecular complexity index is 447. The molecule has 8 heteroatoms. The van der Waals surface area contributed by atoms with E-state index in [1.807, 2.05) is 0 Å². The number of methoxy groups -OCH3 is 2. The van der Waals surface area contributed by atoms with Crippen LogP contribution >= 0.6 is 0 Å². The van der Waals surface area contributed by atoms with Crippen molar-refractivity contribution in [2.24, 2.45) is 16.2 Å². The quantitative estimate of drug-likeness (QED) is 0.689. The van der Waals surface area contributed by atoms with Crippen LogP contribution in [0.3, 0.4) is 0 Å². The van der Waals surface area contributed by atoms with Crippen LogP contribution in [0.2, 0.25) is 0 Å². The van der Waals surface area contributed by atoms with E-state index < -0.39 is 40.8 Å². The lowest BCUT2D eigenvalue weighted by Gasteiger charge is -2.47. The lowest BCUT2D eigenvalue weighted by molar-refractivity contribution is -0.330. The lowest BCUT2D eigenvalue weighted by atomic mass is 9.86. The van der Waals surface area contributed by atoms with E-state index in [2.05, 4.69) is 0 Å². The highest BCUT2D eigenvalue weighted by molar-refractivity contribution is 5.76. The van der Waals surface area contributed by atoms with Crippen LogP contribution in [-0.2, 0) is 38.0 Å². The number of hydrogen-bond acceptors (Lipinski definition) is 8. The highest BCUT2D eigenvalue weighted by atomic mass is 16.7. The number of esters is 2. The Labute approximate surface area is 148 Å². The number of carbonyl (C=O) groups excluding carboxylic acids is 2. The van der Waals surface area contributed by atoms with E-state index in [0.29, 0.717) is 26.4 Å². The van der Waals surface area contributed by atoms with Gasteiger partial charge in [-0.3, -0.25) is 9.59 Å².